The lowest BCUT2D eigenvalue weighted by Crippen LogP contribution is -2.49. The number of likely N-dealkylation sites (tertiary alicyclic amines) is 1. The summed E-state index contributed by atoms with van der Waals surface area (Å²) in [5.74, 6) is -0.687. The third-order valence-electron chi connectivity index (χ3n) is 4.76. The van der Waals surface area contributed by atoms with Crippen LogP contribution in [0.2, 0.25) is 5.02 Å². The molecule has 0 radical (unpaired) electrons. The van der Waals surface area contributed by atoms with Crippen LogP contribution in [0.3, 0.4) is 0 Å². The first-order valence-corrected chi connectivity index (χ1v) is 8.51. The van der Waals surface area contributed by atoms with Gasteiger partial charge in [0.05, 0.1) is 0 Å². The molecule has 1 N–H and O–H groups in total. The van der Waals surface area contributed by atoms with E-state index in [-0.39, 0.29) is 24.2 Å². The number of nitrogens with one attached hydrogen (secondary N) is 1. The SMILES string of the molecule is CNC1CCCN(C(=O)C2CCN(c3cccc(Cl)c3)C2=O)C1.Cl. The lowest BCUT2D eigenvalue weighted by molar-refractivity contribution is -0.140. The molecule has 24 heavy (non-hydrogen) atoms. The molecule has 0 spiro atoms. The first-order valence-electron chi connectivity index (χ1n) is 8.13. The second-order valence-corrected chi connectivity index (χ2v) is 6.66. The van der Waals surface area contributed by atoms with Crippen LogP contribution in [0.15, 0.2) is 24.3 Å². The minimum Gasteiger partial charge on any atom is -0.340 e. The van der Waals surface area contributed by atoms with Gasteiger partial charge in [0.25, 0.3) is 0 Å². The van der Waals surface area contributed by atoms with Gasteiger partial charge in [-0.2, -0.15) is 0 Å². The van der Waals surface area contributed by atoms with E-state index >= 15 is 0 Å². The first kappa shape index (κ1) is 19.0. The van der Waals surface area contributed by atoms with Crippen molar-refractivity contribution < 1.29 is 9.59 Å². The van der Waals surface area contributed by atoms with Crippen LogP contribution in [0.25, 0.3) is 0 Å². The van der Waals surface area contributed by atoms with Crippen LogP contribution < -0.4 is 10.2 Å². The second kappa shape index (κ2) is 8.19. The highest BCUT2D eigenvalue weighted by atomic mass is 35.5. The van der Waals surface area contributed by atoms with Gasteiger partial charge in [-0.25, -0.2) is 0 Å². The molecule has 1 aromatic carbocycles. The second-order valence-electron chi connectivity index (χ2n) is 6.22. The Hall–Kier alpha value is -1.30. The summed E-state index contributed by atoms with van der Waals surface area (Å²) in [6, 6.07) is 7.55. The first-order chi connectivity index (χ1) is 11.1. The van der Waals surface area contributed by atoms with Crippen molar-refractivity contribution in [3.8, 4) is 0 Å². The minimum absolute atomic E-state index is 0. The molecule has 0 aromatic heterocycles. The van der Waals surface area contributed by atoms with Crippen molar-refractivity contribution in [2.45, 2.75) is 25.3 Å². The van der Waals surface area contributed by atoms with Gasteiger partial charge in [0.15, 0.2) is 0 Å². The maximum atomic E-state index is 12.7. The number of carbonyl (C=O) groups excluding carboxylic acids is 2. The molecule has 3 rings (SSSR count). The number of hydrogen-bond donors (Lipinski definition) is 1. The molecule has 7 heteroatoms. The molecule has 0 aliphatic carbocycles. The standard InChI is InChI=1S/C17H22ClN3O2.ClH/c1-19-13-5-3-8-20(11-13)16(22)15-7-9-21(17(15)23)14-6-2-4-12(18)10-14;/h2,4,6,10,13,15,19H,3,5,7-9,11H2,1H3;1H. The lowest BCUT2D eigenvalue weighted by atomic mass is 10.0. The molecule has 2 fully saturated rings. The average molecular weight is 372 g/mol. The average Bonchev–Trinajstić information content (AvgIpc) is 2.96. The molecule has 2 amide bonds. The highest BCUT2D eigenvalue weighted by Gasteiger charge is 2.40. The molecule has 5 nitrogen and oxygen atoms in total. The third-order valence-corrected chi connectivity index (χ3v) is 5.00. The van der Waals surface area contributed by atoms with Gasteiger partial charge in [0.2, 0.25) is 11.8 Å². The molecule has 2 atom stereocenters. The van der Waals surface area contributed by atoms with Crippen LogP contribution in [-0.4, -0.2) is 49.4 Å². The molecular weight excluding hydrogens is 349 g/mol. The predicted molar refractivity (Wildman–Crippen MR) is 97.8 cm³/mol. The van der Waals surface area contributed by atoms with Gasteiger partial charge < -0.3 is 15.1 Å². The van der Waals surface area contributed by atoms with Gasteiger partial charge in [-0.15, -0.1) is 12.4 Å². The largest absolute Gasteiger partial charge is 0.340 e. The molecule has 2 saturated heterocycles. The number of nitrogens with zero attached hydrogens (tertiary/aromatic N) is 2. The van der Waals surface area contributed by atoms with Gasteiger partial charge >= 0.3 is 0 Å². The number of rotatable bonds is 3. The van der Waals surface area contributed by atoms with Crippen LogP contribution in [-0.2, 0) is 9.59 Å². The van der Waals surface area contributed by atoms with Gasteiger partial charge in [-0.1, -0.05) is 17.7 Å². The highest BCUT2D eigenvalue weighted by Crippen LogP contribution is 2.29. The fraction of sp³-hybridized carbons (Fsp3) is 0.529. The monoisotopic (exact) mass is 371 g/mol. The number of halogens is 2. The Kier molecular flexibility index (Phi) is 6.49. The number of hydrogen-bond acceptors (Lipinski definition) is 3. The molecule has 2 aliphatic heterocycles. The van der Waals surface area contributed by atoms with E-state index in [1.165, 1.54) is 0 Å². The summed E-state index contributed by atoms with van der Waals surface area (Å²) in [7, 11) is 1.92. The van der Waals surface area contributed by atoms with Crippen molar-refractivity contribution in [2.75, 3.05) is 31.6 Å². The molecule has 0 bridgehead atoms. The molecule has 132 valence electrons. The molecular formula is C17H23Cl2N3O2. The Morgan fingerprint density at radius 3 is 2.79 bits per heavy atom. The van der Waals surface area contributed by atoms with Crippen LogP contribution in [0.5, 0.6) is 0 Å². The Balaban J connectivity index is 0.00000208. The van der Waals surface area contributed by atoms with E-state index in [2.05, 4.69) is 5.32 Å². The van der Waals surface area contributed by atoms with Crippen molar-refractivity contribution in [1.29, 1.82) is 0 Å². The van der Waals surface area contributed by atoms with E-state index in [0.29, 0.717) is 30.6 Å². The van der Waals surface area contributed by atoms with E-state index in [9.17, 15) is 9.59 Å². The van der Waals surface area contributed by atoms with Crippen LogP contribution in [0.4, 0.5) is 5.69 Å². The van der Waals surface area contributed by atoms with Crippen LogP contribution in [0, 0.1) is 5.92 Å². The Morgan fingerprint density at radius 1 is 1.29 bits per heavy atom. The Bertz CT molecular complexity index is 611. The van der Waals surface area contributed by atoms with Gasteiger partial charge in [0, 0.05) is 36.4 Å². The predicted octanol–water partition coefficient (Wildman–Crippen LogP) is 2.33. The minimum atomic E-state index is -0.551. The Labute approximate surface area is 153 Å². The zero-order valence-electron chi connectivity index (χ0n) is 13.7. The van der Waals surface area contributed by atoms with Gasteiger partial charge in [-0.05, 0) is 44.5 Å². The lowest BCUT2D eigenvalue weighted by Gasteiger charge is -2.33. The number of piperidine rings is 1. The number of amides is 2. The maximum Gasteiger partial charge on any atom is 0.239 e. The smallest absolute Gasteiger partial charge is 0.239 e. The summed E-state index contributed by atoms with van der Waals surface area (Å²) >= 11 is 6.00. The van der Waals surface area contributed by atoms with E-state index in [0.717, 1.165) is 25.1 Å². The molecule has 2 unspecified atom stereocenters. The summed E-state index contributed by atoms with van der Waals surface area (Å²) < 4.78 is 0. The molecule has 2 heterocycles. The summed E-state index contributed by atoms with van der Waals surface area (Å²) in [6.07, 6.45) is 2.63. The van der Waals surface area contributed by atoms with Crippen molar-refractivity contribution in [1.82, 2.24) is 10.2 Å². The summed E-state index contributed by atoms with van der Waals surface area (Å²) in [5, 5.41) is 3.82. The zero-order valence-corrected chi connectivity index (χ0v) is 15.3. The summed E-state index contributed by atoms with van der Waals surface area (Å²) in [5.41, 5.74) is 0.768. The summed E-state index contributed by atoms with van der Waals surface area (Å²) in [4.78, 5) is 28.9. The fourth-order valence-corrected chi connectivity index (χ4v) is 3.63. The quantitative estimate of drug-likeness (QED) is 0.829. The third kappa shape index (κ3) is 3.85. The maximum absolute atomic E-state index is 12.7. The van der Waals surface area contributed by atoms with E-state index in [1.54, 1.807) is 17.0 Å². The van der Waals surface area contributed by atoms with E-state index in [1.807, 2.05) is 24.1 Å². The highest BCUT2D eigenvalue weighted by molar-refractivity contribution is 6.31. The molecule has 2 aliphatic rings. The zero-order chi connectivity index (χ0) is 16.4. The van der Waals surface area contributed by atoms with Gasteiger partial charge in [-0.3, -0.25) is 9.59 Å². The fourth-order valence-electron chi connectivity index (χ4n) is 3.44. The molecule has 0 saturated carbocycles. The van der Waals surface area contributed by atoms with Crippen LogP contribution >= 0.6 is 24.0 Å². The molecule has 1 aromatic rings. The Morgan fingerprint density at radius 2 is 2.08 bits per heavy atom. The van der Waals surface area contributed by atoms with Gasteiger partial charge in [0.1, 0.15) is 5.92 Å². The normalized spacial score (nSPS) is 24.0. The number of benzene rings is 1. The summed E-state index contributed by atoms with van der Waals surface area (Å²) in [6.45, 7) is 2.01. The van der Waals surface area contributed by atoms with E-state index < -0.39 is 5.92 Å². The van der Waals surface area contributed by atoms with Crippen molar-refractivity contribution >= 4 is 41.5 Å². The number of likely N-dealkylation sites (N-methyl/N-ethyl adjacent to an activating group) is 1. The van der Waals surface area contributed by atoms with Crippen molar-refractivity contribution in [3.05, 3.63) is 29.3 Å². The number of carbonyl (C=O) groups is 2. The topological polar surface area (TPSA) is 52.7 Å². The number of anilines is 1. The van der Waals surface area contributed by atoms with Crippen molar-refractivity contribution in [3.63, 3.8) is 0 Å². The van der Waals surface area contributed by atoms with Crippen molar-refractivity contribution in [2.24, 2.45) is 5.92 Å². The van der Waals surface area contributed by atoms with Crippen LogP contribution in [0.1, 0.15) is 19.3 Å². The van der Waals surface area contributed by atoms with E-state index in [4.69, 9.17) is 11.6 Å².